The summed E-state index contributed by atoms with van der Waals surface area (Å²) in [5.74, 6) is -0.149. The van der Waals surface area contributed by atoms with Gasteiger partial charge in [-0.05, 0) is 42.4 Å². The van der Waals surface area contributed by atoms with Crippen molar-refractivity contribution >= 4 is 29.1 Å². The quantitative estimate of drug-likeness (QED) is 0.636. The third-order valence-electron chi connectivity index (χ3n) is 5.72. The van der Waals surface area contributed by atoms with Crippen molar-refractivity contribution in [1.82, 2.24) is 0 Å². The molecular weight excluding hydrogens is 292 g/mol. The fourth-order valence-electron chi connectivity index (χ4n) is 4.66. The number of rotatable bonds is 1. The lowest BCUT2D eigenvalue weighted by Crippen LogP contribution is -2.33. The van der Waals surface area contributed by atoms with E-state index in [1.165, 1.54) is 4.90 Å². The van der Waals surface area contributed by atoms with Crippen LogP contribution in [-0.4, -0.2) is 17.7 Å². The summed E-state index contributed by atoms with van der Waals surface area (Å²) in [6, 6.07) is 5.49. The topological polar surface area (TPSA) is 66.5 Å². The fraction of sp³-hybridized carbons (Fsp3) is 0.389. The van der Waals surface area contributed by atoms with Crippen LogP contribution in [0.25, 0.3) is 0 Å². The first-order valence-corrected chi connectivity index (χ1v) is 8.12. The number of carbonyl (C=O) groups is 3. The highest BCUT2D eigenvalue weighted by atomic mass is 16.2. The number of amides is 3. The van der Waals surface area contributed by atoms with Crippen molar-refractivity contribution in [3.63, 3.8) is 0 Å². The minimum atomic E-state index is -0.192. The van der Waals surface area contributed by atoms with Gasteiger partial charge in [-0.1, -0.05) is 18.2 Å². The highest BCUT2D eigenvalue weighted by molar-refractivity contribution is 6.23. The molecule has 1 saturated carbocycles. The molecule has 1 N–H and O–H groups in total. The maximum Gasteiger partial charge on any atom is 0.238 e. The zero-order valence-electron chi connectivity index (χ0n) is 12.5. The Bertz CT molecular complexity index is 767. The minimum absolute atomic E-state index is 0.0205. The molecule has 23 heavy (non-hydrogen) atoms. The largest absolute Gasteiger partial charge is 0.326 e. The number of hydrogen-bond donors (Lipinski definition) is 1. The monoisotopic (exact) mass is 308 g/mol. The molecule has 5 rings (SSSR count). The lowest BCUT2D eigenvalue weighted by molar-refractivity contribution is -0.123. The highest BCUT2D eigenvalue weighted by Crippen LogP contribution is 2.53. The van der Waals surface area contributed by atoms with Gasteiger partial charge in [0.15, 0.2) is 0 Å². The summed E-state index contributed by atoms with van der Waals surface area (Å²) in [6.07, 6.45) is 6.29. The van der Waals surface area contributed by atoms with E-state index < -0.39 is 0 Å². The van der Waals surface area contributed by atoms with Gasteiger partial charge in [-0.15, -0.1) is 0 Å². The molecule has 4 atom stereocenters. The molecule has 3 amide bonds. The molecule has 2 fully saturated rings. The van der Waals surface area contributed by atoms with Crippen molar-refractivity contribution in [1.29, 1.82) is 0 Å². The molecule has 2 aliphatic carbocycles. The van der Waals surface area contributed by atoms with Crippen molar-refractivity contribution in [3.05, 3.63) is 35.9 Å². The molecule has 4 aliphatic rings. The molecule has 1 aromatic carbocycles. The molecule has 2 bridgehead atoms. The van der Waals surface area contributed by atoms with Gasteiger partial charge in [0, 0.05) is 12.1 Å². The Morgan fingerprint density at radius 2 is 1.65 bits per heavy atom. The van der Waals surface area contributed by atoms with Gasteiger partial charge in [0.25, 0.3) is 0 Å². The third kappa shape index (κ3) is 1.65. The molecule has 2 aliphatic heterocycles. The fourth-order valence-corrected chi connectivity index (χ4v) is 4.66. The second-order valence-electron chi connectivity index (χ2n) is 6.90. The van der Waals surface area contributed by atoms with Gasteiger partial charge >= 0.3 is 0 Å². The van der Waals surface area contributed by atoms with Gasteiger partial charge in [0.05, 0.1) is 17.5 Å². The Hall–Kier alpha value is -2.43. The number of fused-ring (bicyclic) bond motifs is 6. The Labute approximate surface area is 133 Å². The minimum Gasteiger partial charge on any atom is -0.326 e. The van der Waals surface area contributed by atoms with Gasteiger partial charge in [-0.3, -0.25) is 14.4 Å². The molecule has 5 nitrogen and oxygen atoms in total. The molecule has 1 saturated heterocycles. The number of nitrogens with one attached hydrogen (secondary N) is 1. The van der Waals surface area contributed by atoms with Crippen LogP contribution in [0.3, 0.4) is 0 Å². The number of imide groups is 1. The zero-order valence-corrected chi connectivity index (χ0v) is 12.5. The molecule has 0 unspecified atom stereocenters. The second-order valence-corrected chi connectivity index (χ2v) is 6.90. The van der Waals surface area contributed by atoms with Crippen LogP contribution in [0.4, 0.5) is 11.4 Å². The molecule has 0 radical (unpaired) electrons. The number of allylic oxidation sites excluding steroid dienone is 2. The summed E-state index contributed by atoms with van der Waals surface area (Å²) in [5, 5.41) is 2.83. The molecule has 0 spiro atoms. The van der Waals surface area contributed by atoms with Crippen LogP contribution in [0.2, 0.25) is 0 Å². The number of anilines is 2. The normalized spacial score (nSPS) is 33.9. The van der Waals surface area contributed by atoms with Gasteiger partial charge in [0.2, 0.25) is 17.7 Å². The van der Waals surface area contributed by atoms with Crippen LogP contribution in [0.5, 0.6) is 0 Å². The van der Waals surface area contributed by atoms with Crippen LogP contribution in [0.1, 0.15) is 18.4 Å². The van der Waals surface area contributed by atoms with Crippen molar-refractivity contribution in [3.8, 4) is 0 Å². The van der Waals surface area contributed by atoms with E-state index in [0.29, 0.717) is 18.5 Å². The molecule has 5 heteroatoms. The second kappa shape index (κ2) is 4.31. The van der Waals surface area contributed by atoms with Gasteiger partial charge in [-0.2, -0.15) is 0 Å². The van der Waals surface area contributed by atoms with E-state index in [4.69, 9.17) is 0 Å². The Kier molecular flexibility index (Phi) is 2.45. The Morgan fingerprint density at radius 3 is 2.35 bits per heavy atom. The van der Waals surface area contributed by atoms with E-state index in [1.807, 2.05) is 12.1 Å². The summed E-state index contributed by atoms with van der Waals surface area (Å²) in [4.78, 5) is 38.5. The van der Waals surface area contributed by atoms with E-state index >= 15 is 0 Å². The standard InChI is InChI=1S/C18H16N2O3/c21-14-6-4-9-3-5-12(8-13(9)19-14)20-17(22)15-10-1-2-11(7-10)16(15)18(20)23/h1-3,5,8,10-11,15-16H,4,6-7H2,(H,19,21)/t10-,11+,15-,16-/m0/s1. The first kappa shape index (κ1) is 13.0. The maximum absolute atomic E-state index is 12.8. The van der Waals surface area contributed by atoms with Crippen molar-refractivity contribution in [2.75, 3.05) is 10.2 Å². The van der Waals surface area contributed by atoms with E-state index in [0.717, 1.165) is 17.7 Å². The predicted octanol–water partition coefficient (Wildman–Crippen LogP) is 1.88. The lowest BCUT2D eigenvalue weighted by Gasteiger charge is -2.21. The van der Waals surface area contributed by atoms with E-state index in [9.17, 15) is 14.4 Å². The summed E-state index contributed by atoms with van der Waals surface area (Å²) >= 11 is 0. The Balaban J connectivity index is 1.53. The van der Waals surface area contributed by atoms with Crippen LogP contribution < -0.4 is 10.2 Å². The van der Waals surface area contributed by atoms with E-state index in [1.54, 1.807) is 6.07 Å². The molecule has 0 aromatic heterocycles. The molecule has 2 heterocycles. The first-order valence-electron chi connectivity index (χ1n) is 8.12. The van der Waals surface area contributed by atoms with Gasteiger partial charge in [0.1, 0.15) is 0 Å². The zero-order chi connectivity index (χ0) is 15.7. The lowest BCUT2D eigenvalue weighted by atomic mass is 9.85. The van der Waals surface area contributed by atoms with Crippen LogP contribution in [-0.2, 0) is 20.8 Å². The average Bonchev–Trinajstić information content (AvgIpc) is 3.21. The first-order chi connectivity index (χ1) is 11.1. The number of hydrogen-bond acceptors (Lipinski definition) is 3. The molecule has 116 valence electrons. The van der Waals surface area contributed by atoms with Gasteiger partial charge in [-0.25, -0.2) is 4.90 Å². The predicted molar refractivity (Wildman–Crippen MR) is 83.6 cm³/mol. The van der Waals surface area contributed by atoms with Crippen LogP contribution in [0.15, 0.2) is 30.4 Å². The van der Waals surface area contributed by atoms with Crippen molar-refractivity contribution in [2.45, 2.75) is 19.3 Å². The SMILES string of the molecule is O=C1CCc2ccc(N3C(=O)[C@@H]4[C@@H](C3=O)[C@H]3C=C[C@@H]4C3)cc2N1. The van der Waals surface area contributed by atoms with Crippen LogP contribution in [0, 0.1) is 23.7 Å². The number of benzene rings is 1. The van der Waals surface area contributed by atoms with E-state index in [2.05, 4.69) is 17.5 Å². The Morgan fingerprint density at radius 1 is 0.957 bits per heavy atom. The maximum atomic E-state index is 12.8. The third-order valence-corrected chi connectivity index (χ3v) is 5.72. The summed E-state index contributed by atoms with van der Waals surface area (Å²) in [6.45, 7) is 0. The number of aryl methyl sites for hydroxylation is 1. The van der Waals surface area contributed by atoms with Crippen molar-refractivity contribution < 1.29 is 14.4 Å². The van der Waals surface area contributed by atoms with Crippen LogP contribution >= 0.6 is 0 Å². The summed E-state index contributed by atoms with van der Waals surface area (Å²) in [5.41, 5.74) is 2.35. The van der Waals surface area contributed by atoms with E-state index in [-0.39, 0.29) is 41.4 Å². The molecule has 1 aromatic rings. The molecular formula is C18H16N2O3. The summed E-state index contributed by atoms with van der Waals surface area (Å²) < 4.78 is 0. The number of nitrogens with zero attached hydrogens (tertiary/aromatic N) is 1. The highest BCUT2D eigenvalue weighted by Gasteiger charge is 2.59. The summed E-state index contributed by atoms with van der Waals surface area (Å²) in [7, 11) is 0. The number of carbonyl (C=O) groups excluding carboxylic acids is 3. The van der Waals surface area contributed by atoms with Gasteiger partial charge < -0.3 is 5.32 Å². The smallest absolute Gasteiger partial charge is 0.238 e. The van der Waals surface area contributed by atoms with Crippen molar-refractivity contribution in [2.24, 2.45) is 23.7 Å². The average molecular weight is 308 g/mol.